The molecule has 21 heavy (non-hydrogen) atoms. The summed E-state index contributed by atoms with van der Waals surface area (Å²) in [7, 11) is -2.14. The number of nitrogens with two attached hydrogens (primary N) is 1. The van der Waals surface area contributed by atoms with Gasteiger partial charge in [-0.15, -0.1) is 0 Å². The molecule has 3 N–H and O–H groups in total. The van der Waals surface area contributed by atoms with Crippen molar-refractivity contribution in [1.29, 1.82) is 0 Å². The molecule has 1 aromatic carbocycles. The summed E-state index contributed by atoms with van der Waals surface area (Å²) in [6, 6.07) is 4.59. The fraction of sp³-hybridized carbons (Fsp3) is 0.571. The van der Waals surface area contributed by atoms with Gasteiger partial charge in [-0.05, 0) is 43.0 Å². The molecular weight excluding hydrogens is 308 g/mol. The fourth-order valence-electron chi connectivity index (χ4n) is 1.91. The summed E-state index contributed by atoms with van der Waals surface area (Å²) >= 11 is 1.84. The number of nitrogens with one attached hydrogen (secondary N) is 1. The molecule has 0 bridgehead atoms. The molecule has 5 nitrogen and oxygen atoms in total. The lowest BCUT2D eigenvalue weighted by Crippen LogP contribution is -2.25. The predicted molar refractivity (Wildman–Crippen MR) is 89.4 cm³/mol. The molecule has 1 aromatic rings. The first-order valence-corrected chi connectivity index (χ1v) is 9.81. The molecule has 0 spiro atoms. The highest BCUT2D eigenvalue weighted by atomic mass is 32.2. The van der Waals surface area contributed by atoms with E-state index in [0.717, 1.165) is 25.0 Å². The van der Waals surface area contributed by atoms with Gasteiger partial charge in [-0.3, -0.25) is 0 Å². The van der Waals surface area contributed by atoms with Crippen LogP contribution in [0, 0.1) is 0 Å². The lowest BCUT2D eigenvalue weighted by atomic mass is 10.2. The minimum atomic E-state index is -3.58. The van der Waals surface area contributed by atoms with Crippen molar-refractivity contribution in [3.63, 3.8) is 0 Å². The van der Waals surface area contributed by atoms with Crippen LogP contribution < -0.4 is 15.2 Å². The second-order valence-corrected chi connectivity index (χ2v) is 7.44. The lowest BCUT2D eigenvalue weighted by Gasteiger charge is -2.11. The number of unbranched alkanes of at least 4 members (excludes halogenated alkanes) is 3. The molecule has 0 aliphatic rings. The predicted octanol–water partition coefficient (Wildman–Crippen LogP) is 2.48. The van der Waals surface area contributed by atoms with Gasteiger partial charge in [0.05, 0.1) is 7.11 Å². The molecule has 0 saturated carbocycles. The molecule has 0 atom stereocenters. The largest absolute Gasteiger partial charge is 0.495 e. The average Bonchev–Trinajstić information content (AvgIpc) is 2.46. The van der Waals surface area contributed by atoms with Crippen molar-refractivity contribution < 1.29 is 13.2 Å². The Morgan fingerprint density at radius 2 is 1.95 bits per heavy atom. The van der Waals surface area contributed by atoms with Gasteiger partial charge < -0.3 is 10.5 Å². The number of nitrogen functional groups attached to an aromatic ring is 1. The van der Waals surface area contributed by atoms with Gasteiger partial charge >= 0.3 is 0 Å². The van der Waals surface area contributed by atoms with Crippen LogP contribution in [0.5, 0.6) is 5.75 Å². The maximum absolute atomic E-state index is 12.2. The molecule has 0 saturated heterocycles. The van der Waals surface area contributed by atoms with Gasteiger partial charge in [0.25, 0.3) is 0 Å². The van der Waals surface area contributed by atoms with Crippen LogP contribution in [0.2, 0.25) is 0 Å². The zero-order chi connectivity index (χ0) is 15.7. The molecule has 7 heteroatoms. The van der Waals surface area contributed by atoms with Crippen LogP contribution in [-0.2, 0) is 10.0 Å². The standard InChI is InChI=1S/C14H24N2O3S2/c1-19-13-8-7-12(15)11-14(13)21(17,18)16-9-5-3-4-6-10-20-2/h7-8,11,16H,3-6,9-10,15H2,1-2H3. The molecule has 0 radical (unpaired) electrons. The van der Waals surface area contributed by atoms with Crippen molar-refractivity contribution in [2.24, 2.45) is 0 Å². The third kappa shape index (κ3) is 6.15. The summed E-state index contributed by atoms with van der Waals surface area (Å²) in [5.74, 6) is 1.46. The van der Waals surface area contributed by atoms with E-state index in [4.69, 9.17) is 10.5 Å². The summed E-state index contributed by atoms with van der Waals surface area (Å²) in [5.41, 5.74) is 6.05. The quantitative estimate of drug-likeness (QED) is 0.508. The number of methoxy groups -OCH3 is 1. The number of rotatable bonds is 10. The van der Waals surface area contributed by atoms with Crippen LogP contribution >= 0.6 is 11.8 Å². The maximum Gasteiger partial charge on any atom is 0.244 e. The first-order chi connectivity index (χ1) is 10.0. The summed E-state index contributed by atoms with van der Waals surface area (Å²) in [4.78, 5) is 0.0902. The van der Waals surface area contributed by atoms with E-state index in [-0.39, 0.29) is 4.90 Å². The van der Waals surface area contributed by atoms with Gasteiger partial charge in [0.15, 0.2) is 0 Å². The molecule has 0 aliphatic carbocycles. The number of anilines is 1. The Labute approximate surface area is 131 Å². The fourth-order valence-corrected chi connectivity index (χ4v) is 3.68. The summed E-state index contributed by atoms with van der Waals surface area (Å²) in [5, 5.41) is 0. The summed E-state index contributed by atoms with van der Waals surface area (Å²) in [6.07, 6.45) is 6.25. The van der Waals surface area contributed by atoms with Crippen molar-refractivity contribution >= 4 is 27.5 Å². The van der Waals surface area contributed by atoms with E-state index < -0.39 is 10.0 Å². The molecular formula is C14H24N2O3S2. The van der Waals surface area contributed by atoms with Crippen molar-refractivity contribution in [1.82, 2.24) is 4.72 Å². The average molecular weight is 332 g/mol. The van der Waals surface area contributed by atoms with Crippen molar-refractivity contribution in [2.75, 3.05) is 31.4 Å². The van der Waals surface area contributed by atoms with Crippen LogP contribution in [0.4, 0.5) is 5.69 Å². The molecule has 0 aliphatic heterocycles. The van der Waals surface area contributed by atoms with Crippen LogP contribution in [0.1, 0.15) is 25.7 Å². The van der Waals surface area contributed by atoms with Gasteiger partial charge in [0.2, 0.25) is 10.0 Å². The number of hydrogen-bond donors (Lipinski definition) is 2. The summed E-state index contributed by atoms with van der Waals surface area (Å²) in [6.45, 7) is 0.430. The molecule has 1 rings (SSSR count). The Morgan fingerprint density at radius 1 is 1.24 bits per heavy atom. The third-order valence-corrected chi connectivity index (χ3v) is 5.22. The highest BCUT2D eigenvalue weighted by Crippen LogP contribution is 2.25. The smallest absolute Gasteiger partial charge is 0.244 e. The van der Waals surface area contributed by atoms with Gasteiger partial charge in [-0.1, -0.05) is 12.8 Å². The van der Waals surface area contributed by atoms with Gasteiger partial charge in [0, 0.05) is 12.2 Å². The van der Waals surface area contributed by atoms with Crippen LogP contribution in [0.15, 0.2) is 23.1 Å². The second-order valence-electron chi connectivity index (χ2n) is 4.72. The van der Waals surface area contributed by atoms with Crippen molar-refractivity contribution in [3.05, 3.63) is 18.2 Å². The van der Waals surface area contributed by atoms with Gasteiger partial charge in [0.1, 0.15) is 10.6 Å². The van der Waals surface area contributed by atoms with Gasteiger partial charge in [-0.25, -0.2) is 13.1 Å². The number of thioether (sulfide) groups is 1. The zero-order valence-corrected chi connectivity index (χ0v) is 14.2. The second kappa shape index (κ2) is 9.17. The van der Waals surface area contributed by atoms with E-state index in [1.165, 1.54) is 19.6 Å². The number of sulfonamides is 1. The first kappa shape index (κ1) is 18.1. The Hall–Kier alpha value is -0.920. The minimum Gasteiger partial charge on any atom is -0.495 e. The SMILES string of the molecule is COc1ccc(N)cc1S(=O)(=O)NCCCCCCSC. The minimum absolute atomic E-state index is 0.0902. The highest BCUT2D eigenvalue weighted by molar-refractivity contribution is 7.98. The Bertz CT molecular complexity index is 533. The van der Waals surface area contributed by atoms with E-state index in [2.05, 4.69) is 11.0 Å². The molecule has 120 valence electrons. The van der Waals surface area contributed by atoms with E-state index in [9.17, 15) is 8.42 Å². The third-order valence-electron chi connectivity index (χ3n) is 3.04. The first-order valence-electron chi connectivity index (χ1n) is 6.93. The molecule has 0 fully saturated rings. The Balaban J connectivity index is 2.52. The zero-order valence-electron chi connectivity index (χ0n) is 12.6. The van der Waals surface area contributed by atoms with E-state index in [0.29, 0.717) is 18.0 Å². The number of benzene rings is 1. The van der Waals surface area contributed by atoms with Crippen LogP contribution in [-0.4, -0.2) is 34.1 Å². The van der Waals surface area contributed by atoms with E-state index >= 15 is 0 Å². The normalized spacial score (nSPS) is 11.5. The molecule has 0 amide bonds. The molecule has 0 unspecified atom stereocenters. The highest BCUT2D eigenvalue weighted by Gasteiger charge is 2.19. The Morgan fingerprint density at radius 3 is 2.62 bits per heavy atom. The van der Waals surface area contributed by atoms with Crippen LogP contribution in [0.25, 0.3) is 0 Å². The summed E-state index contributed by atoms with van der Waals surface area (Å²) < 4.78 is 32.2. The Kier molecular flexibility index (Phi) is 7.92. The van der Waals surface area contributed by atoms with E-state index in [1.54, 1.807) is 12.1 Å². The monoisotopic (exact) mass is 332 g/mol. The van der Waals surface area contributed by atoms with Gasteiger partial charge in [-0.2, -0.15) is 11.8 Å². The number of hydrogen-bond acceptors (Lipinski definition) is 5. The lowest BCUT2D eigenvalue weighted by molar-refractivity contribution is 0.402. The van der Waals surface area contributed by atoms with Crippen LogP contribution in [0.3, 0.4) is 0 Å². The topological polar surface area (TPSA) is 81.4 Å². The maximum atomic E-state index is 12.2. The number of ether oxygens (including phenoxy) is 1. The molecule has 0 heterocycles. The van der Waals surface area contributed by atoms with Crippen molar-refractivity contribution in [3.8, 4) is 5.75 Å². The van der Waals surface area contributed by atoms with Crippen molar-refractivity contribution in [2.45, 2.75) is 30.6 Å². The van der Waals surface area contributed by atoms with E-state index in [1.807, 2.05) is 11.8 Å². The molecule has 0 aromatic heterocycles.